The van der Waals surface area contributed by atoms with Gasteiger partial charge in [0.15, 0.2) is 0 Å². The Morgan fingerprint density at radius 1 is 0.895 bits per heavy atom. The molecule has 0 bridgehead atoms. The number of nitrogens with one attached hydrogen (secondary N) is 4. The number of carboxylic acid groups (broad SMARTS) is 1. The summed E-state index contributed by atoms with van der Waals surface area (Å²) in [5.41, 5.74) is 13.3. The molecule has 0 radical (unpaired) electrons. The third kappa shape index (κ3) is 8.56. The van der Waals surface area contributed by atoms with Crippen LogP contribution in [0.3, 0.4) is 0 Å². The summed E-state index contributed by atoms with van der Waals surface area (Å²) >= 11 is 0. The number of hydrogen-bond donors (Lipinski definition) is 7. The van der Waals surface area contributed by atoms with Gasteiger partial charge in [-0.25, -0.2) is 4.79 Å². The lowest BCUT2D eigenvalue weighted by atomic mass is 10.00. The largest absolute Gasteiger partial charge is 0.480 e. The Morgan fingerprint density at radius 3 is 2.13 bits per heavy atom. The predicted octanol–water partition coefficient (Wildman–Crippen LogP) is 1.02. The SMILES string of the molecule is CC(C)C(N)C(=O)NC(Cc1c[nH]c2ccccc12)C(=O)NC(CCCCN)C(=O)NC(C(=O)O)C(C)C. The molecule has 2 aromatic rings. The Bertz CT molecular complexity index is 1100. The van der Waals surface area contributed by atoms with Crippen molar-refractivity contribution in [3.8, 4) is 0 Å². The number of aromatic nitrogens is 1. The number of rotatable bonds is 15. The zero-order valence-corrected chi connectivity index (χ0v) is 22.6. The van der Waals surface area contributed by atoms with Crippen molar-refractivity contribution in [2.45, 2.75) is 77.5 Å². The first kappa shape index (κ1) is 30.8. The third-order valence-electron chi connectivity index (χ3n) is 6.56. The van der Waals surface area contributed by atoms with Crippen LogP contribution in [0.25, 0.3) is 10.9 Å². The summed E-state index contributed by atoms with van der Waals surface area (Å²) < 4.78 is 0. The van der Waals surface area contributed by atoms with Crippen LogP contribution in [0.5, 0.6) is 0 Å². The van der Waals surface area contributed by atoms with E-state index in [4.69, 9.17) is 11.5 Å². The first-order chi connectivity index (χ1) is 18.0. The highest BCUT2D eigenvalue weighted by molar-refractivity contribution is 5.95. The second-order valence-electron chi connectivity index (χ2n) is 10.3. The molecule has 4 unspecified atom stereocenters. The van der Waals surface area contributed by atoms with Gasteiger partial charge in [0, 0.05) is 23.5 Å². The molecule has 0 aliphatic heterocycles. The monoisotopic (exact) mass is 530 g/mol. The summed E-state index contributed by atoms with van der Waals surface area (Å²) in [5, 5.41) is 18.4. The molecule has 1 aromatic heterocycles. The highest BCUT2D eigenvalue weighted by Gasteiger charge is 2.32. The van der Waals surface area contributed by atoms with Gasteiger partial charge in [0.2, 0.25) is 17.7 Å². The molecule has 0 saturated carbocycles. The van der Waals surface area contributed by atoms with Crippen LogP contribution in [0.4, 0.5) is 0 Å². The number of carbonyl (C=O) groups is 4. The van der Waals surface area contributed by atoms with Crippen LogP contribution < -0.4 is 27.4 Å². The maximum absolute atomic E-state index is 13.5. The Kier molecular flexibility index (Phi) is 11.7. The van der Waals surface area contributed by atoms with E-state index in [-0.39, 0.29) is 24.7 Å². The smallest absolute Gasteiger partial charge is 0.326 e. The number of aromatic amines is 1. The van der Waals surface area contributed by atoms with Crippen molar-refractivity contribution in [3.05, 3.63) is 36.0 Å². The van der Waals surface area contributed by atoms with Gasteiger partial charge in [-0.05, 0) is 49.3 Å². The van der Waals surface area contributed by atoms with Crippen LogP contribution in [0, 0.1) is 11.8 Å². The molecule has 11 heteroatoms. The van der Waals surface area contributed by atoms with Gasteiger partial charge in [0.05, 0.1) is 6.04 Å². The van der Waals surface area contributed by atoms with Crippen LogP contribution in [0.15, 0.2) is 30.5 Å². The molecule has 9 N–H and O–H groups in total. The fourth-order valence-electron chi connectivity index (χ4n) is 4.10. The molecule has 210 valence electrons. The van der Waals surface area contributed by atoms with Gasteiger partial charge < -0.3 is 37.5 Å². The fourth-order valence-corrected chi connectivity index (χ4v) is 4.10. The molecule has 1 heterocycles. The number of nitrogens with two attached hydrogens (primary N) is 2. The van der Waals surface area contributed by atoms with Crippen molar-refractivity contribution in [2.75, 3.05) is 6.54 Å². The maximum Gasteiger partial charge on any atom is 0.326 e. The van der Waals surface area contributed by atoms with Gasteiger partial charge in [-0.3, -0.25) is 14.4 Å². The topological polar surface area (TPSA) is 192 Å². The van der Waals surface area contributed by atoms with E-state index in [0.29, 0.717) is 19.4 Å². The third-order valence-corrected chi connectivity index (χ3v) is 6.56. The minimum absolute atomic E-state index is 0.148. The number of carbonyl (C=O) groups excluding carboxylic acids is 3. The summed E-state index contributed by atoms with van der Waals surface area (Å²) in [7, 11) is 0. The van der Waals surface area contributed by atoms with Crippen LogP contribution in [-0.2, 0) is 25.6 Å². The lowest BCUT2D eigenvalue weighted by molar-refractivity contribution is -0.143. The Hall–Kier alpha value is -3.44. The van der Waals surface area contributed by atoms with Gasteiger partial charge >= 0.3 is 5.97 Å². The van der Waals surface area contributed by atoms with E-state index in [1.165, 1.54) is 0 Å². The number of amides is 3. The second kappa shape index (κ2) is 14.5. The predicted molar refractivity (Wildman–Crippen MR) is 146 cm³/mol. The summed E-state index contributed by atoms with van der Waals surface area (Å²) in [4.78, 5) is 54.3. The minimum Gasteiger partial charge on any atom is -0.480 e. The molecular weight excluding hydrogens is 488 g/mol. The molecule has 38 heavy (non-hydrogen) atoms. The molecule has 0 fully saturated rings. The van der Waals surface area contributed by atoms with Gasteiger partial charge in [0.25, 0.3) is 0 Å². The van der Waals surface area contributed by atoms with Gasteiger partial charge in [-0.15, -0.1) is 0 Å². The number of aliphatic carboxylic acids is 1. The molecule has 0 aliphatic carbocycles. The minimum atomic E-state index is -1.16. The van der Waals surface area contributed by atoms with E-state index in [0.717, 1.165) is 16.5 Å². The van der Waals surface area contributed by atoms with Crippen molar-refractivity contribution in [1.29, 1.82) is 0 Å². The number of carboxylic acids is 1. The molecule has 0 saturated heterocycles. The maximum atomic E-state index is 13.5. The average molecular weight is 531 g/mol. The van der Waals surface area contributed by atoms with E-state index in [1.54, 1.807) is 20.0 Å². The van der Waals surface area contributed by atoms with Crippen molar-refractivity contribution in [2.24, 2.45) is 23.3 Å². The van der Waals surface area contributed by atoms with E-state index < -0.39 is 47.9 Å². The molecule has 0 spiro atoms. The molecule has 2 rings (SSSR count). The summed E-state index contributed by atoms with van der Waals surface area (Å²) in [5.74, 6) is -3.31. The second-order valence-corrected chi connectivity index (χ2v) is 10.3. The normalized spacial score (nSPS) is 14.6. The van der Waals surface area contributed by atoms with Gasteiger partial charge in [-0.2, -0.15) is 0 Å². The van der Waals surface area contributed by atoms with Crippen molar-refractivity contribution >= 4 is 34.6 Å². The summed E-state index contributed by atoms with van der Waals surface area (Å²) in [6.07, 6.45) is 3.38. The number of para-hydroxylation sites is 1. The lowest BCUT2D eigenvalue weighted by Gasteiger charge is -2.26. The number of unbranched alkanes of at least 4 members (excludes halogenated alkanes) is 1. The van der Waals surface area contributed by atoms with Crippen molar-refractivity contribution in [3.63, 3.8) is 0 Å². The van der Waals surface area contributed by atoms with Gasteiger partial charge in [-0.1, -0.05) is 45.9 Å². The highest BCUT2D eigenvalue weighted by atomic mass is 16.4. The number of fused-ring (bicyclic) bond motifs is 1. The molecule has 3 amide bonds. The Labute approximate surface area is 223 Å². The molecular formula is C27H42N6O5. The summed E-state index contributed by atoms with van der Waals surface area (Å²) in [6, 6.07) is 3.65. The first-order valence-corrected chi connectivity index (χ1v) is 13.1. The molecule has 11 nitrogen and oxygen atoms in total. The number of hydrogen-bond acceptors (Lipinski definition) is 6. The first-order valence-electron chi connectivity index (χ1n) is 13.1. The van der Waals surface area contributed by atoms with E-state index >= 15 is 0 Å². The van der Waals surface area contributed by atoms with Gasteiger partial charge in [0.1, 0.15) is 18.1 Å². The molecule has 0 aliphatic rings. The Morgan fingerprint density at radius 2 is 1.53 bits per heavy atom. The zero-order valence-electron chi connectivity index (χ0n) is 22.6. The van der Waals surface area contributed by atoms with E-state index in [9.17, 15) is 24.3 Å². The molecule has 1 aromatic carbocycles. The average Bonchev–Trinajstić information content (AvgIpc) is 3.27. The van der Waals surface area contributed by atoms with Crippen LogP contribution in [0.1, 0.15) is 52.5 Å². The van der Waals surface area contributed by atoms with Crippen molar-refractivity contribution in [1.82, 2.24) is 20.9 Å². The number of benzene rings is 1. The molecule has 4 atom stereocenters. The summed E-state index contributed by atoms with van der Waals surface area (Å²) in [6.45, 7) is 7.41. The number of H-pyrrole nitrogens is 1. The Balaban J connectivity index is 2.30. The quantitative estimate of drug-likeness (QED) is 0.167. The van der Waals surface area contributed by atoms with Crippen molar-refractivity contribution < 1.29 is 24.3 Å². The standard InChI is InChI=1S/C27H42N6O5/c1-15(2)22(29)26(36)32-21(13-17-14-30-19-10-6-5-9-18(17)19)25(35)31-20(11-7-8-12-28)24(34)33-23(16(3)4)27(37)38/h5-6,9-10,14-16,20-23,30H,7-8,11-13,28-29H2,1-4H3,(H,31,35)(H,32,36)(H,33,34)(H,37,38). The van der Waals surface area contributed by atoms with Crippen LogP contribution >= 0.6 is 0 Å². The van der Waals surface area contributed by atoms with Crippen LogP contribution in [0.2, 0.25) is 0 Å². The zero-order chi connectivity index (χ0) is 28.4. The van der Waals surface area contributed by atoms with Crippen LogP contribution in [-0.4, -0.2) is 64.5 Å². The lowest BCUT2D eigenvalue weighted by Crippen LogP contribution is -2.58. The van der Waals surface area contributed by atoms with E-state index in [2.05, 4.69) is 20.9 Å². The highest BCUT2D eigenvalue weighted by Crippen LogP contribution is 2.19. The van der Waals surface area contributed by atoms with E-state index in [1.807, 2.05) is 38.1 Å². The fraction of sp³-hybridized carbons (Fsp3) is 0.556.